The second-order valence-electron chi connectivity index (χ2n) is 5.44. The number of ether oxygens (including phenoxy) is 1. The SMILES string of the molecule is CCCNCC(CC)(CC)CCOc1ccc(Br)cc1. The Balaban J connectivity index is 2.43. The van der Waals surface area contributed by atoms with E-state index >= 15 is 0 Å². The van der Waals surface area contributed by atoms with Crippen molar-refractivity contribution in [1.29, 1.82) is 0 Å². The van der Waals surface area contributed by atoms with E-state index in [1.54, 1.807) is 0 Å². The highest BCUT2D eigenvalue weighted by Gasteiger charge is 2.25. The third-order valence-electron chi connectivity index (χ3n) is 4.14. The van der Waals surface area contributed by atoms with E-state index in [1.807, 2.05) is 24.3 Å². The molecule has 0 aliphatic heterocycles. The van der Waals surface area contributed by atoms with Crippen molar-refractivity contribution in [2.24, 2.45) is 5.41 Å². The summed E-state index contributed by atoms with van der Waals surface area (Å²) >= 11 is 3.44. The Morgan fingerprint density at radius 1 is 1.10 bits per heavy atom. The van der Waals surface area contributed by atoms with Crippen molar-refractivity contribution in [1.82, 2.24) is 5.32 Å². The Labute approximate surface area is 132 Å². The van der Waals surface area contributed by atoms with E-state index in [9.17, 15) is 0 Å². The number of hydrogen-bond donors (Lipinski definition) is 1. The monoisotopic (exact) mass is 341 g/mol. The summed E-state index contributed by atoms with van der Waals surface area (Å²) in [5, 5.41) is 3.57. The maximum atomic E-state index is 5.88. The Bertz CT molecular complexity index is 360. The Morgan fingerprint density at radius 3 is 2.30 bits per heavy atom. The summed E-state index contributed by atoms with van der Waals surface area (Å²) in [6.45, 7) is 9.78. The number of halogens is 1. The highest BCUT2D eigenvalue weighted by molar-refractivity contribution is 9.10. The van der Waals surface area contributed by atoms with Gasteiger partial charge < -0.3 is 10.1 Å². The van der Waals surface area contributed by atoms with Crippen LogP contribution >= 0.6 is 15.9 Å². The molecule has 1 rings (SSSR count). The van der Waals surface area contributed by atoms with E-state index in [4.69, 9.17) is 4.74 Å². The zero-order chi connectivity index (χ0) is 14.8. The standard InChI is InChI=1S/C17H28BrNO/c1-4-12-19-14-17(5-2,6-3)11-13-20-16-9-7-15(18)8-10-16/h7-10,19H,4-6,11-14H2,1-3H3. The molecule has 1 aromatic carbocycles. The van der Waals surface area contributed by atoms with Crippen molar-refractivity contribution < 1.29 is 4.74 Å². The van der Waals surface area contributed by atoms with E-state index in [0.29, 0.717) is 5.41 Å². The lowest BCUT2D eigenvalue weighted by atomic mass is 9.79. The normalized spacial score (nSPS) is 11.6. The summed E-state index contributed by atoms with van der Waals surface area (Å²) in [5.74, 6) is 0.954. The molecule has 0 spiro atoms. The molecule has 0 radical (unpaired) electrons. The fourth-order valence-corrected chi connectivity index (χ4v) is 2.65. The number of rotatable bonds is 10. The van der Waals surface area contributed by atoms with Crippen LogP contribution in [0.4, 0.5) is 0 Å². The number of nitrogens with one attached hydrogen (secondary N) is 1. The first-order valence-corrected chi connectivity index (χ1v) is 8.54. The van der Waals surface area contributed by atoms with E-state index < -0.39 is 0 Å². The maximum absolute atomic E-state index is 5.88. The molecule has 0 aliphatic carbocycles. The molecule has 114 valence electrons. The second kappa shape index (κ2) is 9.41. The van der Waals surface area contributed by atoms with Crippen molar-refractivity contribution in [3.05, 3.63) is 28.7 Å². The van der Waals surface area contributed by atoms with Crippen molar-refractivity contribution in [2.45, 2.75) is 46.5 Å². The summed E-state index contributed by atoms with van der Waals surface area (Å²) in [5.41, 5.74) is 0.366. The smallest absolute Gasteiger partial charge is 0.119 e. The van der Waals surface area contributed by atoms with Crippen molar-refractivity contribution in [3.8, 4) is 5.75 Å². The molecule has 0 atom stereocenters. The van der Waals surface area contributed by atoms with Gasteiger partial charge in [-0.25, -0.2) is 0 Å². The van der Waals surface area contributed by atoms with Crippen LogP contribution in [0.3, 0.4) is 0 Å². The van der Waals surface area contributed by atoms with Gasteiger partial charge in [-0.2, -0.15) is 0 Å². The molecule has 1 aromatic rings. The van der Waals surface area contributed by atoms with Crippen molar-refractivity contribution >= 4 is 15.9 Å². The van der Waals surface area contributed by atoms with Crippen molar-refractivity contribution in [2.75, 3.05) is 19.7 Å². The topological polar surface area (TPSA) is 21.3 Å². The van der Waals surface area contributed by atoms with Gasteiger partial charge in [0.05, 0.1) is 6.61 Å². The molecule has 3 heteroatoms. The summed E-state index contributed by atoms with van der Waals surface area (Å²) in [7, 11) is 0. The minimum Gasteiger partial charge on any atom is -0.494 e. The molecule has 2 nitrogen and oxygen atoms in total. The van der Waals surface area contributed by atoms with Gasteiger partial charge in [0.2, 0.25) is 0 Å². The molecular formula is C17H28BrNO. The largest absolute Gasteiger partial charge is 0.494 e. The summed E-state index contributed by atoms with van der Waals surface area (Å²) in [6, 6.07) is 8.06. The molecule has 20 heavy (non-hydrogen) atoms. The minimum atomic E-state index is 0.366. The van der Waals surface area contributed by atoms with Gasteiger partial charge in [-0.15, -0.1) is 0 Å². The van der Waals surface area contributed by atoms with Gasteiger partial charge in [0.1, 0.15) is 5.75 Å². The molecule has 0 aliphatic rings. The van der Waals surface area contributed by atoms with E-state index in [2.05, 4.69) is 42.0 Å². The summed E-state index contributed by atoms with van der Waals surface area (Å²) < 4.78 is 6.97. The Hall–Kier alpha value is -0.540. The fraction of sp³-hybridized carbons (Fsp3) is 0.647. The molecule has 0 amide bonds. The zero-order valence-corrected chi connectivity index (χ0v) is 14.6. The lowest BCUT2D eigenvalue weighted by molar-refractivity contribution is 0.175. The van der Waals surface area contributed by atoms with Gasteiger partial charge in [0.25, 0.3) is 0 Å². The van der Waals surface area contributed by atoms with Crippen LogP contribution in [-0.4, -0.2) is 19.7 Å². The third-order valence-corrected chi connectivity index (χ3v) is 4.67. The fourth-order valence-electron chi connectivity index (χ4n) is 2.39. The Morgan fingerprint density at radius 2 is 1.75 bits per heavy atom. The Kier molecular flexibility index (Phi) is 8.24. The van der Waals surface area contributed by atoms with Gasteiger partial charge >= 0.3 is 0 Å². The van der Waals surface area contributed by atoms with Gasteiger partial charge in [0, 0.05) is 11.0 Å². The van der Waals surface area contributed by atoms with Crippen LogP contribution in [0, 0.1) is 5.41 Å². The van der Waals surface area contributed by atoms with Crippen molar-refractivity contribution in [3.63, 3.8) is 0 Å². The molecule has 1 N–H and O–H groups in total. The second-order valence-corrected chi connectivity index (χ2v) is 6.35. The first-order chi connectivity index (χ1) is 9.65. The van der Waals surface area contributed by atoms with E-state index in [0.717, 1.165) is 36.3 Å². The first-order valence-electron chi connectivity index (χ1n) is 7.75. The molecular weight excluding hydrogens is 314 g/mol. The lowest BCUT2D eigenvalue weighted by Gasteiger charge is -2.32. The van der Waals surface area contributed by atoms with Crippen LogP contribution in [0.2, 0.25) is 0 Å². The minimum absolute atomic E-state index is 0.366. The number of benzene rings is 1. The third kappa shape index (κ3) is 5.84. The molecule has 0 unspecified atom stereocenters. The molecule has 0 saturated carbocycles. The highest BCUT2D eigenvalue weighted by atomic mass is 79.9. The maximum Gasteiger partial charge on any atom is 0.119 e. The predicted octanol–water partition coefficient (Wildman–Crippen LogP) is 5.02. The molecule has 0 aromatic heterocycles. The van der Waals surface area contributed by atoms with Gasteiger partial charge in [-0.1, -0.05) is 36.7 Å². The van der Waals surface area contributed by atoms with Crippen LogP contribution < -0.4 is 10.1 Å². The molecule has 0 fully saturated rings. The van der Waals surface area contributed by atoms with Gasteiger partial charge in [-0.05, 0) is 61.9 Å². The quantitative estimate of drug-likeness (QED) is 0.603. The molecule has 0 saturated heterocycles. The first kappa shape index (κ1) is 17.5. The van der Waals surface area contributed by atoms with Crippen LogP contribution in [-0.2, 0) is 0 Å². The van der Waals surface area contributed by atoms with E-state index in [1.165, 1.54) is 19.3 Å². The van der Waals surface area contributed by atoms with Gasteiger partial charge in [0.15, 0.2) is 0 Å². The average Bonchev–Trinajstić information content (AvgIpc) is 2.48. The average molecular weight is 342 g/mol. The predicted molar refractivity (Wildman–Crippen MR) is 90.4 cm³/mol. The summed E-state index contributed by atoms with van der Waals surface area (Å²) in [4.78, 5) is 0. The van der Waals surface area contributed by atoms with Crippen LogP contribution in [0.1, 0.15) is 46.5 Å². The van der Waals surface area contributed by atoms with Crippen LogP contribution in [0.25, 0.3) is 0 Å². The van der Waals surface area contributed by atoms with Crippen LogP contribution in [0.15, 0.2) is 28.7 Å². The molecule has 0 bridgehead atoms. The van der Waals surface area contributed by atoms with E-state index in [-0.39, 0.29) is 0 Å². The zero-order valence-electron chi connectivity index (χ0n) is 13.0. The number of hydrogen-bond acceptors (Lipinski definition) is 2. The summed E-state index contributed by atoms with van der Waals surface area (Å²) in [6.07, 6.45) is 4.69. The highest BCUT2D eigenvalue weighted by Crippen LogP contribution is 2.30. The van der Waals surface area contributed by atoms with Gasteiger partial charge in [-0.3, -0.25) is 0 Å². The van der Waals surface area contributed by atoms with Crippen LogP contribution in [0.5, 0.6) is 5.75 Å². The lowest BCUT2D eigenvalue weighted by Crippen LogP contribution is -2.35. The molecule has 0 heterocycles.